The number of nitrogens with one attached hydrogen (secondary N) is 2. The van der Waals surface area contributed by atoms with Crippen molar-refractivity contribution >= 4 is 11.7 Å². The molecule has 1 atom stereocenters. The predicted octanol–water partition coefficient (Wildman–Crippen LogP) is 2.44. The van der Waals surface area contributed by atoms with Crippen LogP contribution in [0.5, 0.6) is 0 Å². The lowest BCUT2D eigenvalue weighted by Gasteiger charge is -2.15. The third kappa shape index (κ3) is 4.82. The number of amides is 2. The fourth-order valence-electron chi connectivity index (χ4n) is 2.38. The molecule has 0 spiro atoms. The molecule has 2 aromatic rings. The van der Waals surface area contributed by atoms with Crippen LogP contribution in [0.15, 0.2) is 30.3 Å². The monoisotopic (exact) mass is 316 g/mol. The van der Waals surface area contributed by atoms with Crippen molar-refractivity contribution in [2.24, 2.45) is 0 Å². The van der Waals surface area contributed by atoms with Gasteiger partial charge in [-0.25, -0.2) is 4.79 Å². The van der Waals surface area contributed by atoms with Crippen molar-refractivity contribution in [3.8, 4) is 0 Å². The van der Waals surface area contributed by atoms with Crippen LogP contribution in [-0.4, -0.2) is 33.6 Å². The van der Waals surface area contributed by atoms with Crippen molar-refractivity contribution in [1.29, 1.82) is 0 Å². The van der Waals surface area contributed by atoms with Gasteiger partial charge in [-0.1, -0.05) is 19.1 Å². The molecule has 1 aromatic carbocycles. The van der Waals surface area contributed by atoms with Gasteiger partial charge in [0.1, 0.15) is 0 Å². The van der Waals surface area contributed by atoms with E-state index in [4.69, 9.17) is 5.11 Å². The Labute approximate surface area is 136 Å². The van der Waals surface area contributed by atoms with E-state index in [0.29, 0.717) is 18.7 Å². The Balaban J connectivity index is 2.02. The second-order valence-corrected chi connectivity index (χ2v) is 5.67. The van der Waals surface area contributed by atoms with Crippen LogP contribution in [0.3, 0.4) is 0 Å². The zero-order chi connectivity index (χ0) is 16.8. The maximum Gasteiger partial charge on any atom is 0.319 e. The number of aryl methyl sites for hydroxylation is 2. The van der Waals surface area contributed by atoms with E-state index in [9.17, 15) is 4.79 Å². The Morgan fingerprint density at radius 1 is 1.35 bits per heavy atom. The van der Waals surface area contributed by atoms with Gasteiger partial charge in [0.25, 0.3) is 0 Å². The highest BCUT2D eigenvalue weighted by atomic mass is 16.3. The van der Waals surface area contributed by atoms with Gasteiger partial charge in [0.2, 0.25) is 0 Å². The Hall–Kier alpha value is -2.34. The molecule has 6 nitrogen and oxygen atoms in total. The van der Waals surface area contributed by atoms with Crippen molar-refractivity contribution in [2.75, 3.05) is 11.9 Å². The van der Waals surface area contributed by atoms with E-state index in [1.807, 2.05) is 55.8 Å². The van der Waals surface area contributed by atoms with E-state index in [-0.39, 0.29) is 18.7 Å². The van der Waals surface area contributed by atoms with E-state index in [1.54, 1.807) is 0 Å². The number of hydrogen-bond acceptors (Lipinski definition) is 3. The normalized spacial score (nSPS) is 12.0. The Morgan fingerprint density at radius 3 is 2.74 bits per heavy atom. The van der Waals surface area contributed by atoms with Crippen LogP contribution in [-0.2, 0) is 6.54 Å². The molecule has 0 saturated carbocycles. The number of nitrogens with zero attached hydrogens (tertiary/aromatic N) is 2. The van der Waals surface area contributed by atoms with Crippen LogP contribution in [0.2, 0.25) is 0 Å². The fraction of sp³-hybridized carbons (Fsp3) is 0.412. The summed E-state index contributed by atoms with van der Waals surface area (Å²) >= 11 is 0. The molecule has 0 aliphatic carbocycles. The highest BCUT2D eigenvalue weighted by Crippen LogP contribution is 2.13. The quantitative estimate of drug-likeness (QED) is 0.766. The van der Waals surface area contributed by atoms with Gasteiger partial charge in [0.15, 0.2) is 0 Å². The number of rotatable bonds is 6. The lowest BCUT2D eigenvalue weighted by Crippen LogP contribution is -2.39. The Kier molecular flexibility index (Phi) is 5.76. The van der Waals surface area contributed by atoms with Gasteiger partial charge in [-0.05, 0) is 44.0 Å². The molecule has 23 heavy (non-hydrogen) atoms. The SMILES string of the molecule is CCC(CO)NC(=O)Nc1cccc(Cn2nc(C)cc2C)c1. The first kappa shape index (κ1) is 17.0. The summed E-state index contributed by atoms with van der Waals surface area (Å²) in [7, 11) is 0. The molecule has 1 heterocycles. The van der Waals surface area contributed by atoms with Gasteiger partial charge in [-0.3, -0.25) is 4.68 Å². The largest absolute Gasteiger partial charge is 0.394 e. The number of carbonyl (C=O) groups is 1. The number of carbonyl (C=O) groups excluding carboxylic acids is 1. The first-order valence-corrected chi connectivity index (χ1v) is 7.80. The van der Waals surface area contributed by atoms with E-state index >= 15 is 0 Å². The minimum absolute atomic E-state index is 0.0676. The highest BCUT2D eigenvalue weighted by molar-refractivity contribution is 5.89. The first-order chi connectivity index (χ1) is 11.0. The van der Waals surface area contributed by atoms with E-state index in [1.165, 1.54) is 0 Å². The molecule has 0 aliphatic rings. The lowest BCUT2D eigenvalue weighted by atomic mass is 10.2. The molecular weight excluding hydrogens is 292 g/mol. The summed E-state index contributed by atoms with van der Waals surface area (Å²) in [5.74, 6) is 0. The van der Waals surface area contributed by atoms with Gasteiger partial charge in [0.05, 0.1) is 24.9 Å². The number of hydrogen-bond donors (Lipinski definition) is 3. The molecule has 0 aliphatic heterocycles. The fourth-order valence-corrected chi connectivity index (χ4v) is 2.38. The summed E-state index contributed by atoms with van der Waals surface area (Å²) < 4.78 is 1.94. The molecule has 124 valence electrons. The van der Waals surface area contributed by atoms with Gasteiger partial charge in [-0.2, -0.15) is 5.10 Å². The van der Waals surface area contributed by atoms with Crippen LogP contribution < -0.4 is 10.6 Å². The van der Waals surface area contributed by atoms with Crippen molar-refractivity contribution in [3.05, 3.63) is 47.3 Å². The maximum atomic E-state index is 11.9. The molecule has 2 rings (SSSR count). The van der Waals surface area contributed by atoms with Gasteiger partial charge in [-0.15, -0.1) is 0 Å². The zero-order valence-corrected chi connectivity index (χ0v) is 13.8. The average molecular weight is 316 g/mol. The highest BCUT2D eigenvalue weighted by Gasteiger charge is 2.09. The number of aromatic nitrogens is 2. The molecule has 0 bridgehead atoms. The summed E-state index contributed by atoms with van der Waals surface area (Å²) in [6, 6.07) is 9.17. The minimum atomic E-state index is -0.311. The molecular formula is C17H24N4O2. The van der Waals surface area contributed by atoms with Crippen LogP contribution in [0.4, 0.5) is 10.5 Å². The molecule has 3 N–H and O–H groups in total. The molecule has 1 unspecified atom stereocenters. The third-order valence-electron chi connectivity index (χ3n) is 3.67. The average Bonchev–Trinajstić information content (AvgIpc) is 2.82. The standard InChI is InChI=1S/C17H24N4O2/c1-4-15(11-22)18-17(23)19-16-7-5-6-14(9-16)10-21-13(3)8-12(2)20-21/h5-9,15,22H,4,10-11H2,1-3H3,(H2,18,19,23). The zero-order valence-electron chi connectivity index (χ0n) is 13.8. The van der Waals surface area contributed by atoms with E-state index in [2.05, 4.69) is 15.7 Å². The van der Waals surface area contributed by atoms with E-state index in [0.717, 1.165) is 17.0 Å². The molecule has 1 aromatic heterocycles. The van der Waals surface area contributed by atoms with Crippen LogP contribution in [0, 0.1) is 13.8 Å². The second-order valence-electron chi connectivity index (χ2n) is 5.67. The topological polar surface area (TPSA) is 79.2 Å². The summed E-state index contributed by atoms with van der Waals surface area (Å²) in [5.41, 5.74) is 3.87. The van der Waals surface area contributed by atoms with Crippen LogP contribution in [0.25, 0.3) is 0 Å². The third-order valence-corrected chi connectivity index (χ3v) is 3.67. The smallest absolute Gasteiger partial charge is 0.319 e. The maximum absolute atomic E-state index is 11.9. The molecule has 0 radical (unpaired) electrons. The van der Waals surface area contributed by atoms with E-state index < -0.39 is 0 Å². The van der Waals surface area contributed by atoms with Gasteiger partial charge >= 0.3 is 6.03 Å². The van der Waals surface area contributed by atoms with Gasteiger partial charge in [0, 0.05) is 11.4 Å². The second kappa shape index (κ2) is 7.78. The van der Waals surface area contributed by atoms with Crippen molar-refractivity contribution in [3.63, 3.8) is 0 Å². The lowest BCUT2D eigenvalue weighted by molar-refractivity contribution is 0.222. The summed E-state index contributed by atoms with van der Waals surface area (Å²) in [6.07, 6.45) is 0.682. The molecule has 0 saturated heterocycles. The van der Waals surface area contributed by atoms with Gasteiger partial charge < -0.3 is 15.7 Å². The predicted molar refractivity (Wildman–Crippen MR) is 90.6 cm³/mol. The van der Waals surface area contributed by atoms with Crippen LogP contribution >= 0.6 is 0 Å². The van der Waals surface area contributed by atoms with Crippen molar-refractivity contribution in [2.45, 2.75) is 39.8 Å². The summed E-state index contributed by atoms with van der Waals surface area (Å²) in [6.45, 7) is 6.50. The first-order valence-electron chi connectivity index (χ1n) is 7.80. The number of anilines is 1. The summed E-state index contributed by atoms with van der Waals surface area (Å²) in [5, 5.41) is 19.1. The van der Waals surface area contributed by atoms with Crippen LogP contribution in [0.1, 0.15) is 30.3 Å². The molecule has 0 fully saturated rings. The number of benzene rings is 1. The summed E-state index contributed by atoms with van der Waals surface area (Å²) in [4.78, 5) is 11.9. The molecule has 6 heteroatoms. The number of aliphatic hydroxyl groups is 1. The van der Waals surface area contributed by atoms with Crippen molar-refractivity contribution < 1.29 is 9.90 Å². The minimum Gasteiger partial charge on any atom is -0.394 e. The molecule has 2 amide bonds. The number of urea groups is 1. The Bertz CT molecular complexity index is 662. The number of aliphatic hydroxyl groups excluding tert-OH is 1. The Morgan fingerprint density at radius 2 is 2.13 bits per heavy atom. The van der Waals surface area contributed by atoms with Crippen molar-refractivity contribution in [1.82, 2.24) is 15.1 Å².